The first kappa shape index (κ1) is 23.4. The van der Waals surface area contributed by atoms with Gasteiger partial charge in [0.15, 0.2) is 6.61 Å². The van der Waals surface area contributed by atoms with E-state index in [0.29, 0.717) is 41.8 Å². The third kappa shape index (κ3) is 6.62. The smallest absolute Gasteiger partial charge is 0.323 e. The van der Waals surface area contributed by atoms with Gasteiger partial charge in [0.2, 0.25) is 0 Å². The molecule has 3 amide bonds. The van der Waals surface area contributed by atoms with E-state index in [9.17, 15) is 9.59 Å². The van der Waals surface area contributed by atoms with Gasteiger partial charge in [0, 0.05) is 36.9 Å². The molecule has 176 valence electrons. The second-order valence-electron chi connectivity index (χ2n) is 7.81. The van der Waals surface area contributed by atoms with Crippen molar-refractivity contribution in [2.75, 3.05) is 48.3 Å². The second kappa shape index (κ2) is 11.4. The van der Waals surface area contributed by atoms with Crippen LogP contribution in [0, 0.1) is 0 Å². The quantitative estimate of drug-likeness (QED) is 0.543. The van der Waals surface area contributed by atoms with E-state index in [2.05, 4.69) is 20.5 Å². The molecule has 1 aliphatic rings. The number of benzene rings is 2. The van der Waals surface area contributed by atoms with Gasteiger partial charge in [-0.05, 0) is 55.0 Å². The first-order chi connectivity index (χ1) is 16.6. The van der Waals surface area contributed by atoms with Crippen LogP contribution in [0.2, 0.25) is 5.02 Å². The summed E-state index contributed by atoms with van der Waals surface area (Å²) in [6, 6.07) is 19.6. The molecule has 8 nitrogen and oxygen atoms in total. The molecule has 0 aliphatic carbocycles. The molecular formula is C25H26ClN5O3. The first-order valence-electron chi connectivity index (χ1n) is 11.1. The lowest BCUT2D eigenvalue weighted by molar-refractivity contribution is -0.133. The van der Waals surface area contributed by atoms with E-state index in [1.807, 2.05) is 47.4 Å². The van der Waals surface area contributed by atoms with Crippen molar-refractivity contribution in [2.45, 2.75) is 6.42 Å². The number of hydrogen-bond donors (Lipinski definition) is 2. The standard InChI is InChI=1S/C25H26ClN5O3/c26-19-7-10-22(11-8-19)34-18-24(32)31-14-4-13-30(15-16-31)23-12-9-21(17-27-23)29-25(33)28-20-5-2-1-3-6-20/h1-3,5-12,17H,4,13-16,18H2,(H2,28,29,33). The summed E-state index contributed by atoms with van der Waals surface area (Å²) in [6.07, 6.45) is 2.46. The molecule has 0 atom stereocenters. The Hall–Kier alpha value is -3.78. The molecule has 0 radical (unpaired) electrons. The van der Waals surface area contributed by atoms with E-state index < -0.39 is 0 Å². The lowest BCUT2D eigenvalue weighted by atomic mass is 10.3. The Bertz CT molecular complexity index is 1090. The summed E-state index contributed by atoms with van der Waals surface area (Å²) < 4.78 is 5.60. The monoisotopic (exact) mass is 479 g/mol. The summed E-state index contributed by atoms with van der Waals surface area (Å²) in [5.74, 6) is 1.37. The maximum atomic E-state index is 12.6. The summed E-state index contributed by atoms with van der Waals surface area (Å²) in [4.78, 5) is 33.2. The maximum Gasteiger partial charge on any atom is 0.323 e. The molecule has 34 heavy (non-hydrogen) atoms. The summed E-state index contributed by atoms with van der Waals surface area (Å²) >= 11 is 5.88. The number of urea groups is 1. The predicted octanol–water partition coefficient (Wildman–Crippen LogP) is 4.50. The average Bonchev–Trinajstić information content (AvgIpc) is 3.11. The first-order valence-corrected chi connectivity index (χ1v) is 11.4. The molecule has 0 bridgehead atoms. The molecule has 1 aliphatic heterocycles. The minimum Gasteiger partial charge on any atom is -0.484 e. The number of anilines is 3. The molecule has 0 saturated carbocycles. The van der Waals surface area contributed by atoms with Gasteiger partial charge in [-0.1, -0.05) is 29.8 Å². The van der Waals surface area contributed by atoms with Gasteiger partial charge in [-0.25, -0.2) is 9.78 Å². The van der Waals surface area contributed by atoms with Crippen molar-refractivity contribution in [3.63, 3.8) is 0 Å². The zero-order valence-corrected chi connectivity index (χ0v) is 19.4. The van der Waals surface area contributed by atoms with Gasteiger partial charge < -0.3 is 25.2 Å². The molecule has 3 aromatic rings. The summed E-state index contributed by atoms with van der Waals surface area (Å²) in [5.41, 5.74) is 1.31. The zero-order valence-electron chi connectivity index (χ0n) is 18.6. The summed E-state index contributed by atoms with van der Waals surface area (Å²) in [7, 11) is 0. The van der Waals surface area contributed by atoms with Crippen LogP contribution >= 0.6 is 11.6 Å². The molecule has 1 saturated heterocycles. The van der Waals surface area contributed by atoms with Crippen LogP contribution in [0.3, 0.4) is 0 Å². The number of nitrogens with zero attached hydrogens (tertiary/aromatic N) is 3. The van der Waals surface area contributed by atoms with Crippen molar-refractivity contribution in [1.29, 1.82) is 0 Å². The van der Waals surface area contributed by atoms with E-state index >= 15 is 0 Å². The number of ether oxygens (including phenoxy) is 1. The van der Waals surface area contributed by atoms with Crippen LogP contribution in [0.1, 0.15) is 6.42 Å². The number of para-hydroxylation sites is 1. The lowest BCUT2D eigenvalue weighted by Crippen LogP contribution is -2.38. The van der Waals surface area contributed by atoms with Crippen LogP contribution in [0.15, 0.2) is 72.9 Å². The number of rotatable bonds is 6. The number of halogens is 1. The summed E-state index contributed by atoms with van der Waals surface area (Å²) in [5, 5.41) is 6.18. The Labute approximate surface area is 203 Å². The topological polar surface area (TPSA) is 86.8 Å². The van der Waals surface area contributed by atoms with Crippen molar-refractivity contribution in [3.8, 4) is 5.75 Å². The van der Waals surface area contributed by atoms with E-state index in [0.717, 1.165) is 18.8 Å². The second-order valence-corrected chi connectivity index (χ2v) is 8.25. The van der Waals surface area contributed by atoms with Crippen LogP contribution in [-0.4, -0.2) is 54.6 Å². The van der Waals surface area contributed by atoms with Crippen molar-refractivity contribution in [3.05, 3.63) is 77.9 Å². The fourth-order valence-electron chi connectivity index (χ4n) is 3.63. The fraction of sp³-hybridized carbons (Fsp3) is 0.240. The minimum atomic E-state index is -0.328. The number of pyridine rings is 1. The SMILES string of the molecule is O=C(Nc1ccccc1)Nc1ccc(N2CCCN(C(=O)COc3ccc(Cl)cc3)CC2)nc1. The Morgan fingerprint density at radius 3 is 2.38 bits per heavy atom. The van der Waals surface area contributed by atoms with E-state index in [4.69, 9.17) is 16.3 Å². The predicted molar refractivity (Wildman–Crippen MR) is 134 cm³/mol. The normalized spacial score (nSPS) is 13.7. The van der Waals surface area contributed by atoms with E-state index in [-0.39, 0.29) is 18.5 Å². The average molecular weight is 480 g/mol. The van der Waals surface area contributed by atoms with Crippen LogP contribution in [0.5, 0.6) is 5.75 Å². The van der Waals surface area contributed by atoms with Gasteiger partial charge in [-0.15, -0.1) is 0 Å². The van der Waals surface area contributed by atoms with Gasteiger partial charge in [-0.2, -0.15) is 0 Å². The highest BCUT2D eigenvalue weighted by molar-refractivity contribution is 6.30. The summed E-state index contributed by atoms with van der Waals surface area (Å²) in [6.45, 7) is 2.70. The maximum absolute atomic E-state index is 12.6. The molecule has 2 heterocycles. The molecule has 0 spiro atoms. The highest BCUT2D eigenvalue weighted by Gasteiger charge is 2.20. The molecule has 4 rings (SSSR count). The minimum absolute atomic E-state index is 0.00864. The van der Waals surface area contributed by atoms with Crippen molar-refractivity contribution in [1.82, 2.24) is 9.88 Å². The Balaban J connectivity index is 1.26. The van der Waals surface area contributed by atoms with Gasteiger partial charge in [0.1, 0.15) is 11.6 Å². The largest absolute Gasteiger partial charge is 0.484 e. The number of amides is 3. The Morgan fingerprint density at radius 2 is 1.65 bits per heavy atom. The highest BCUT2D eigenvalue weighted by atomic mass is 35.5. The molecule has 1 fully saturated rings. The van der Waals surface area contributed by atoms with Crippen LogP contribution < -0.4 is 20.3 Å². The Kier molecular flexibility index (Phi) is 7.83. The van der Waals surface area contributed by atoms with Crippen molar-refractivity contribution >= 4 is 40.7 Å². The molecule has 9 heteroatoms. The van der Waals surface area contributed by atoms with Crippen molar-refractivity contribution in [2.24, 2.45) is 0 Å². The third-order valence-electron chi connectivity index (χ3n) is 5.39. The molecule has 1 aromatic heterocycles. The van der Waals surface area contributed by atoms with Gasteiger partial charge in [-0.3, -0.25) is 4.79 Å². The lowest BCUT2D eigenvalue weighted by Gasteiger charge is -2.23. The molecule has 2 aromatic carbocycles. The third-order valence-corrected chi connectivity index (χ3v) is 5.64. The van der Waals surface area contributed by atoms with Gasteiger partial charge in [0.05, 0.1) is 11.9 Å². The zero-order chi connectivity index (χ0) is 23.8. The Morgan fingerprint density at radius 1 is 0.882 bits per heavy atom. The van der Waals surface area contributed by atoms with Crippen LogP contribution in [0.25, 0.3) is 0 Å². The number of hydrogen-bond acceptors (Lipinski definition) is 5. The molecule has 0 unspecified atom stereocenters. The number of nitrogens with one attached hydrogen (secondary N) is 2. The number of aromatic nitrogens is 1. The van der Waals surface area contributed by atoms with E-state index in [1.54, 1.807) is 30.5 Å². The number of carbonyl (C=O) groups is 2. The fourth-order valence-corrected chi connectivity index (χ4v) is 3.75. The van der Waals surface area contributed by atoms with Gasteiger partial charge in [0.25, 0.3) is 5.91 Å². The molecule has 2 N–H and O–H groups in total. The van der Waals surface area contributed by atoms with E-state index in [1.165, 1.54) is 0 Å². The van der Waals surface area contributed by atoms with Crippen molar-refractivity contribution < 1.29 is 14.3 Å². The molecular weight excluding hydrogens is 454 g/mol. The number of carbonyl (C=O) groups excluding carboxylic acids is 2. The van der Waals surface area contributed by atoms with Crippen LogP contribution in [-0.2, 0) is 4.79 Å². The van der Waals surface area contributed by atoms with Gasteiger partial charge >= 0.3 is 6.03 Å². The highest BCUT2D eigenvalue weighted by Crippen LogP contribution is 2.18. The van der Waals surface area contributed by atoms with Crippen LogP contribution in [0.4, 0.5) is 22.0 Å².